The highest BCUT2D eigenvalue weighted by molar-refractivity contribution is 5.69. The van der Waals surface area contributed by atoms with Crippen LogP contribution in [-0.4, -0.2) is 80.2 Å². The lowest BCUT2D eigenvalue weighted by atomic mass is 9.41. The van der Waals surface area contributed by atoms with Crippen molar-refractivity contribution < 1.29 is 45.0 Å². The molecule has 0 bridgehead atoms. The van der Waals surface area contributed by atoms with Crippen molar-refractivity contribution in [1.82, 2.24) is 0 Å². The molecule has 8 saturated carbocycles. The topological polar surface area (TPSA) is 165 Å². The molecule has 22 atom stereocenters. The van der Waals surface area contributed by atoms with Gasteiger partial charge >= 0.3 is 11.9 Å². The van der Waals surface area contributed by atoms with E-state index in [1.54, 1.807) is 6.92 Å². The highest BCUT2D eigenvalue weighted by Crippen LogP contribution is 2.71. The van der Waals surface area contributed by atoms with E-state index in [1.807, 2.05) is 6.92 Å². The van der Waals surface area contributed by atoms with Crippen molar-refractivity contribution >= 4 is 11.9 Å². The lowest BCUT2D eigenvalue weighted by Gasteiger charge is -2.64. The number of fused-ring (bicyclic) bond motifs is 10. The standard InChI is InChI=1S/C28H48O4.C26H44O4.C2H6O/c1-6-19-23-16-18(29)12-14-28(23,5)22-13-15-27(4)20(9-10-21(27)25(22)26(19)31)17(3)8-11-24(30)32-7-2;1-5-17-21-14-16(27)10-12-26(21,4)20-11-13-25(3)18(15(2)6-9-22(28)29)7-8-19(25)23(20)24(17)30;1-2-3/h17-23,25-26,29,31H,6-16H2,1-5H3;15-21,23-24,27,30H,5-14H2,1-4H3,(H,28,29);3H,2H2,1H3/t17-,18-,19-,20-,21?,22?,23+,25?,26-,27-,28-;15-,16-,17-,18-,19?,20?,21+,23?,24-,25-,26-;/m11./s1. The van der Waals surface area contributed by atoms with Gasteiger partial charge in [-0.25, -0.2) is 0 Å². The van der Waals surface area contributed by atoms with Crippen molar-refractivity contribution in [2.75, 3.05) is 13.2 Å². The van der Waals surface area contributed by atoms with Crippen molar-refractivity contribution in [3.8, 4) is 0 Å². The molecule has 9 nitrogen and oxygen atoms in total. The van der Waals surface area contributed by atoms with Gasteiger partial charge in [-0.1, -0.05) is 68.2 Å². The molecule has 8 fully saturated rings. The minimum Gasteiger partial charge on any atom is -0.481 e. The van der Waals surface area contributed by atoms with Gasteiger partial charge in [0, 0.05) is 19.4 Å². The van der Waals surface area contributed by atoms with E-state index >= 15 is 0 Å². The number of carboxylic acid groups (broad SMARTS) is 1. The molecule has 376 valence electrons. The molecular weight excluding hydrogens is 817 g/mol. The molecular formula is C56H98O9. The van der Waals surface area contributed by atoms with E-state index in [-0.39, 0.29) is 65.1 Å². The van der Waals surface area contributed by atoms with Crippen molar-refractivity contribution in [1.29, 1.82) is 0 Å². The van der Waals surface area contributed by atoms with Crippen LogP contribution in [0.25, 0.3) is 0 Å². The van der Waals surface area contributed by atoms with Crippen LogP contribution in [0.5, 0.6) is 0 Å². The first-order valence-electron chi connectivity index (χ1n) is 27.4. The third-order valence-corrected chi connectivity index (χ3v) is 22.2. The Kier molecular flexibility index (Phi) is 17.5. The predicted octanol–water partition coefficient (Wildman–Crippen LogP) is 10.7. The van der Waals surface area contributed by atoms with E-state index in [4.69, 9.17) is 14.9 Å². The number of aliphatic carboxylic acids is 1. The average Bonchev–Trinajstić information content (AvgIpc) is 3.81. The van der Waals surface area contributed by atoms with Gasteiger partial charge in [0.2, 0.25) is 0 Å². The molecule has 0 aromatic carbocycles. The van der Waals surface area contributed by atoms with Crippen molar-refractivity contribution in [2.45, 2.75) is 222 Å². The zero-order valence-electron chi connectivity index (χ0n) is 42.9. The fourth-order valence-electron chi connectivity index (χ4n) is 19.2. The molecule has 6 unspecified atom stereocenters. The summed E-state index contributed by atoms with van der Waals surface area (Å²) in [5.41, 5.74) is 1.01. The summed E-state index contributed by atoms with van der Waals surface area (Å²) in [6.07, 6.45) is 19.2. The first-order chi connectivity index (χ1) is 30.7. The van der Waals surface area contributed by atoms with Crippen molar-refractivity contribution in [2.24, 2.45) is 105 Å². The van der Waals surface area contributed by atoms with Crippen molar-refractivity contribution in [3.05, 3.63) is 0 Å². The molecule has 0 saturated heterocycles. The normalized spacial score (nSPS) is 48.2. The van der Waals surface area contributed by atoms with E-state index in [9.17, 15) is 30.0 Å². The van der Waals surface area contributed by atoms with E-state index in [0.717, 1.165) is 64.2 Å². The third kappa shape index (κ3) is 9.79. The van der Waals surface area contributed by atoms with Gasteiger partial charge in [-0.3, -0.25) is 9.59 Å². The second-order valence-electron chi connectivity index (χ2n) is 24.8. The van der Waals surface area contributed by atoms with Crippen LogP contribution in [0.4, 0.5) is 0 Å². The minimum absolute atomic E-state index is 0.0605. The zero-order chi connectivity index (χ0) is 47.8. The van der Waals surface area contributed by atoms with Gasteiger partial charge in [-0.05, 0) is 221 Å². The van der Waals surface area contributed by atoms with Crippen LogP contribution >= 0.6 is 0 Å². The van der Waals surface area contributed by atoms with E-state index in [1.165, 1.54) is 51.4 Å². The summed E-state index contributed by atoms with van der Waals surface area (Å²) in [5, 5.41) is 61.1. The summed E-state index contributed by atoms with van der Waals surface area (Å²) in [4.78, 5) is 23.1. The van der Waals surface area contributed by atoms with Gasteiger partial charge in [0.1, 0.15) is 0 Å². The minimum atomic E-state index is -0.683. The van der Waals surface area contributed by atoms with Gasteiger partial charge in [-0.2, -0.15) is 0 Å². The van der Waals surface area contributed by atoms with E-state index < -0.39 is 5.97 Å². The second kappa shape index (κ2) is 21.4. The highest BCUT2D eigenvalue weighted by atomic mass is 16.5. The number of aliphatic hydroxyl groups is 5. The first-order valence-corrected chi connectivity index (χ1v) is 27.4. The second-order valence-corrected chi connectivity index (χ2v) is 24.8. The first kappa shape index (κ1) is 53.1. The Labute approximate surface area is 395 Å². The summed E-state index contributed by atoms with van der Waals surface area (Å²) in [6, 6.07) is 0. The van der Waals surface area contributed by atoms with Gasteiger partial charge in [0.05, 0.1) is 31.0 Å². The van der Waals surface area contributed by atoms with E-state index in [2.05, 4.69) is 55.4 Å². The Balaban J connectivity index is 0.000000204. The van der Waals surface area contributed by atoms with Crippen LogP contribution in [0.1, 0.15) is 198 Å². The maximum Gasteiger partial charge on any atom is 0.305 e. The Bertz CT molecular complexity index is 1570. The van der Waals surface area contributed by atoms with Crippen LogP contribution in [-0.2, 0) is 14.3 Å². The maximum absolute atomic E-state index is 11.9. The number of ether oxygens (including phenoxy) is 1. The molecule has 8 aliphatic rings. The van der Waals surface area contributed by atoms with Gasteiger partial charge in [0.15, 0.2) is 0 Å². The van der Waals surface area contributed by atoms with Crippen LogP contribution in [0, 0.1) is 105 Å². The number of hydrogen-bond acceptors (Lipinski definition) is 8. The van der Waals surface area contributed by atoms with Crippen LogP contribution in [0.3, 0.4) is 0 Å². The largest absolute Gasteiger partial charge is 0.481 e. The molecule has 0 amide bonds. The van der Waals surface area contributed by atoms with Gasteiger partial charge < -0.3 is 35.4 Å². The Morgan fingerprint density at radius 1 is 0.554 bits per heavy atom. The van der Waals surface area contributed by atoms with E-state index in [0.29, 0.717) is 95.9 Å². The van der Waals surface area contributed by atoms with Crippen LogP contribution in [0.15, 0.2) is 0 Å². The molecule has 0 spiro atoms. The monoisotopic (exact) mass is 915 g/mol. The Morgan fingerprint density at radius 3 is 1.29 bits per heavy atom. The number of carbonyl (C=O) groups is 2. The fourth-order valence-corrected chi connectivity index (χ4v) is 19.2. The van der Waals surface area contributed by atoms with Gasteiger partial charge in [0.25, 0.3) is 0 Å². The zero-order valence-corrected chi connectivity index (χ0v) is 42.9. The highest BCUT2D eigenvalue weighted by Gasteiger charge is 2.66. The maximum atomic E-state index is 11.9. The number of rotatable bonds is 11. The van der Waals surface area contributed by atoms with Gasteiger partial charge in [-0.15, -0.1) is 0 Å². The fraction of sp³-hybridized carbons (Fsp3) is 0.964. The molecule has 6 N–H and O–H groups in total. The summed E-state index contributed by atoms with van der Waals surface area (Å²) in [6.45, 7) is 23.3. The average molecular weight is 915 g/mol. The summed E-state index contributed by atoms with van der Waals surface area (Å²) in [5.74, 6) is 6.02. The number of aliphatic hydroxyl groups excluding tert-OH is 5. The quantitative estimate of drug-likeness (QED) is 0.111. The molecule has 0 heterocycles. The number of esters is 1. The smallest absolute Gasteiger partial charge is 0.305 e. The summed E-state index contributed by atoms with van der Waals surface area (Å²) in [7, 11) is 0. The molecule has 0 aromatic rings. The molecule has 8 rings (SSSR count). The Hall–Kier alpha value is -1.26. The summed E-state index contributed by atoms with van der Waals surface area (Å²) >= 11 is 0. The summed E-state index contributed by atoms with van der Waals surface area (Å²) < 4.78 is 5.17. The molecule has 0 aliphatic heterocycles. The molecule has 8 aliphatic carbocycles. The predicted molar refractivity (Wildman–Crippen MR) is 257 cm³/mol. The molecule has 0 aromatic heterocycles. The lowest BCUT2D eigenvalue weighted by molar-refractivity contribution is -0.203. The SMILES string of the molecule is CCO.CCOC(=O)CC[C@@H](C)[C@H]1CCC2C3C(CC[C@@]21C)[C@@]1(C)CC[C@@H](O)C[C@H]1[C@@H](CC)[C@H]3O.CC[C@H]1[C@@H](O)C2C3CC[C@H]([C@H](C)CCC(=O)O)[C@@]3(C)CCC2[C@@]2(C)CC[C@@H](O)C[C@@H]12. The lowest BCUT2D eigenvalue weighted by Crippen LogP contribution is -2.62. The number of carboxylic acids is 1. The van der Waals surface area contributed by atoms with Crippen LogP contribution < -0.4 is 0 Å². The number of hydrogen-bond donors (Lipinski definition) is 6. The molecule has 65 heavy (non-hydrogen) atoms. The van der Waals surface area contributed by atoms with Crippen molar-refractivity contribution in [3.63, 3.8) is 0 Å². The molecule has 0 radical (unpaired) electrons. The Morgan fingerprint density at radius 2 is 0.923 bits per heavy atom. The van der Waals surface area contributed by atoms with Crippen LogP contribution in [0.2, 0.25) is 0 Å². The third-order valence-electron chi connectivity index (χ3n) is 22.2. The number of carbonyl (C=O) groups excluding carboxylic acids is 1. The molecule has 9 heteroatoms.